The number of ether oxygens (including phenoxy) is 2. The Morgan fingerprint density at radius 2 is 2.08 bits per heavy atom. The molecule has 1 atom stereocenters. The van der Waals surface area contributed by atoms with Crippen molar-refractivity contribution < 1.29 is 14.3 Å². The summed E-state index contributed by atoms with van der Waals surface area (Å²) < 4.78 is 10.8. The van der Waals surface area contributed by atoms with Gasteiger partial charge in [0.2, 0.25) is 6.79 Å². The molecular weight excluding hydrogens is 306 g/mol. The van der Waals surface area contributed by atoms with Gasteiger partial charge in [0.15, 0.2) is 17.3 Å². The highest BCUT2D eigenvalue weighted by molar-refractivity contribution is 5.99. The molecule has 4 rings (SSSR count). The van der Waals surface area contributed by atoms with Crippen molar-refractivity contribution in [3.05, 3.63) is 46.4 Å². The standard InChI is InChI=1S/C18H17N3O3/c1-21-12-3-2-4-13(22)17(12)16(11(8-19)18(21)20)10-5-6-14-15(7-10)24-9-23-14/h5-7,16H,2-4,9,20H2,1H3/t16-/m1/s1. The smallest absolute Gasteiger partial charge is 0.231 e. The maximum Gasteiger partial charge on any atom is 0.231 e. The van der Waals surface area contributed by atoms with Crippen molar-refractivity contribution in [3.63, 3.8) is 0 Å². The molecule has 2 aliphatic heterocycles. The second-order valence-corrected chi connectivity index (χ2v) is 6.15. The van der Waals surface area contributed by atoms with Crippen LogP contribution in [-0.2, 0) is 4.79 Å². The van der Waals surface area contributed by atoms with Gasteiger partial charge in [0, 0.05) is 24.7 Å². The molecule has 0 bridgehead atoms. The number of benzene rings is 1. The number of ketones is 1. The molecule has 0 amide bonds. The second-order valence-electron chi connectivity index (χ2n) is 6.15. The van der Waals surface area contributed by atoms with Gasteiger partial charge in [-0.25, -0.2) is 0 Å². The van der Waals surface area contributed by atoms with E-state index in [4.69, 9.17) is 15.2 Å². The van der Waals surface area contributed by atoms with Gasteiger partial charge in [-0.1, -0.05) is 6.07 Å². The Hall–Kier alpha value is -2.94. The lowest BCUT2D eigenvalue weighted by Crippen LogP contribution is -2.36. The van der Waals surface area contributed by atoms with Crippen LogP contribution in [0.3, 0.4) is 0 Å². The first-order valence-corrected chi connectivity index (χ1v) is 7.91. The van der Waals surface area contributed by atoms with Crippen molar-refractivity contribution in [2.24, 2.45) is 5.73 Å². The molecule has 2 N–H and O–H groups in total. The van der Waals surface area contributed by atoms with Crippen molar-refractivity contribution in [1.29, 1.82) is 5.26 Å². The van der Waals surface area contributed by atoms with Gasteiger partial charge in [-0.05, 0) is 30.5 Å². The first-order chi connectivity index (χ1) is 11.6. The monoisotopic (exact) mass is 323 g/mol. The molecule has 3 aliphatic rings. The molecule has 0 saturated carbocycles. The Morgan fingerprint density at radius 1 is 1.29 bits per heavy atom. The van der Waals surface area contributed by atoms with Gasteiger partial charge >= 0.3 is 0 Å². The fourth-order valence-electron chi connectivity index (χ4n) is 3.69. The van der Waals surface area contributed by atoms with Crippen LogP contribution in [-0.4, -0.2) is 24.5 Å². The predicted octanol–water partition coefficient (Wildman–Crippen LogP) is 2.15. The molecule has 0 aromatic heterocycles. The van der Waals surface area contributed by atoms with Crippen LogP contribution >= 0.6 is 0 Å². The summed E-state index contributed by atoms with van der Waals surface area (Å²) in [5.41, 5.74) is 9.05. The molecular formula is C18H17N3O3. The van der Waals surface area contributed by atoms with Crippen molar-refractivity contribution in [1.82, 2.24) is 4.90 Å². The molecule has 0 spiro atoms. The van der Waals surface area contributed by atoms with E-state index in [0.717, 1.165) is 24.1 Å². The molecule has 24 heavy (non-hydrogen) atoms. The van der Waals surface area contributed by atoms with Crippen LogP contribution in [0.4, 0.5) is 0 Å². The molecule has 122 valence electrons. The summed E-state index contributed by atoms with van der Waals surface area (Å²) in [6, 6.07) is 7.74. The van der Waals surface area contributed by atoms with Crippen molar-refractivity contribution in [2.45, 2.75) is 25.2 Å². The van der Waals surface area contributed by atoms with E-state index < -0.39 is 5.92 Å². The number of nitrogens with zero attached hydrogens (tertiary/aromatic N) is 2. The minimum absolute atomic E-state index is 0.0889. The number of nitriles is 1. The van der Waals surface area contributed by atoms with Crippen LogP contribution in [0, 0.1) is 11.3 Å². The van der Waals surface area contributed by atoms with Gasteiger partial charge in [0.25, 0.3) is 0 Å². The van der Waals surface area contributed by atoms with E-state index in [1.54, 1.807) is 4.90 Å². The molecule has 1 aromatic carbocycles. The Labute approximate surface area is 139 Å². The first-order valence-electron chi connectivity index (χ1n) is 7.91. The lowest BCUT2D eigenvalue weighted by atomic mass is 9.76. The SMILES string of the molecule is CN1C(N)=C(C#N)[C@@H](c2ccc3c(c2)OCO3)C2=C1CCCC2=O. The summed E-state index contributed by atoms with van der Waals surface area (Å²) >= 11 is 0. The zero-order valence-corrected chi connectivity index (χ0v) is 13.3. The fourth-order valence-corrected chi connectivity index (χ4v) is 3.69. The van der Waals surface area contributed by atoms with Crippen LogP contribution in [0.5, 0.6) is 11.5 Å². The Bertz CT molecular complexity index is 848. The molecule has 2 heterocycles. The van der Waals surface area contributed by atoms with Gasteiger partial charge in [-0.3, -0.25) is 4.79 Å². The number of hydrogen-bond donors (Lipinski definition) is 1. The summed E-state index contributed by atoms with van der Waals surface area (Å²) in [6.45, 7) is 0.183. The highest BCUT2D eigenvalue weighted by atomic mass is 16.7. The maximum absolute atomic E-state index is 12.6. The summed E-state index contributed by atoms with van der Waals surface area (Å²) in [5, 5.41) is 9.68. The topological polar surface area (TPSA) is 88.6 Å². The maximum atomic E-state index is 12.6. The molecule has 1 aromatic rings. The van der Waals surface area contributed by atoms with Crippen LogP contribution in [0.1, 0.15) is 30.7 Å². The minimum Gasteiger partial charge on any atom is -0.454 e. The average Bonchev–Trinajstić information content (AvgIpc) is 3.05. The van der Waals surface area contributed by atoms with E-state index in [-0.39, 0.29) is 12.6 Å². The number of allylic oxidation sites excluding steroid dienone is 3. The van der Waals surface area contributed by atoms with Gasteiger partial charge in [0.1, 0.15) is 5.82 Å². The summed E-state index contributed by atoms with van der Waals surface area (Å²) in [5.74, 6) is 1.36. The average molecular weight is 323 g/mol. The van der Waals surface area contributed by atoms with Crippen molar-refractivity contribution in [3.8, 4) is 17.6 Å². The zero-order chi connectivity index (χ0) is 16.8. The van der Waals surface area contributed by atoms with E-state index in [1.807, 2.05) is 25.2 Å². The number of carbonyl (C=O) groups excluding carboxylic acids is 1. The Morgan fingerprint density at radius 3 is 2.88 bits per heavy atom. The Kier molecular flexibility index (Phi) is 3.24. The van der Waals surface area contributed by atoms with E-state index in [0.29, 0.717) is 34.9 Å². The van der Waals surface area contributed by atoms with Crippen LogP contribution in [0.2, 0.25) is 0 Å². The van der Waals surface area contributed by atoms with Crippen LogP contribution in [0.15, 0.2) is 40.9 Å². The largest absolute Gasteiger partial charge is 0.454 e. The normalized spacial score (nSPS) is 22.6. The van der Waals surface area contributed by atoms with Gasteiger partial charge in [0.05, 0.1) is 17.6 Å². The van der Waals surface area contributed by atoms with E-state index >= 15 is 0 Å². The second kappa shape index (κ2) is 5.31. The molecule has 6 nitrogen and oxygen atoms in total. The number of Topliss-reactive ketones (excluding diaryl/α,β-unsaturated/α-hetero) is 1. The highest BCUT2D eigenvalue weighted by Crippen LogP contribution is 2.46. The summed E-state index contributed by atoms with van der Waals surface area (Å²) in [7, 11) is 1.82. The summed E-state index contributed by atoms with van der Waals surface area (Å²) in [4.78, 5) is 14.4. The minimum atomic E-state index is -0.441. The molecule has 0 radical (unpaired) electrons. The van der Waals surface area contributed by atoms with Gasteiger partial charge < -0.3 is 20.1 Å². The van der Waals surface area contributed by atoms with Crippen molar-refractivity contribution >= 4 is 5.78 Å². The highest BCUT2D eigenvalue weighted by Gasteiger charge is 2.39. The first kappa shape index (κ1) is 14.6. The van der Waals surface area contributed by atoms with Crippen molar-refractivity contribution in [2.75, 3.05) is 13.8 Å². The Balaban J connectivity index is 1.91. The molecule has 0 fully saturated rings. The van der Waals surface area contributed by atoms with E-state index in [2.05, 4.69) is 6.07 Å². The lowest BCUT2D eigenvalue weighted by molar-refractivity contribution is -0.116. The molecule has 0 unspecified atom stereocenters. The van der Waals surface area contributed by atoms with E-state index in [9.17, 15) is 10.1 Å². The molecule has 1 aliphatic carbocycles. The van der Waals surface area contributed by atoms with Crippen LogP contribution in [0.25, 0.3) is 0 Å². The lowest BCUT2D eigenvalue weighted by Gasteiger charge is -2.37. The number of carbonyl (C=O) groups is 1. The predicted molar refractivity (Wildman–Crippen MR) is 85.8 cm³/mol. The fraction of sp³-hybridized carbons (Fsp3) is 0.333. The number of nitrogens with two attached hydrogens (primary N) is 1. The molecule has 0 saturated heterocycles. The van der Waals surface area contributed by atoms with Gasteiger partial charge in [-0.15, -0.1) is 0 Å². The van der Waals surface area contributed by atoms with Gasteiger partial charge in [-0.2, -0.15) is 5.26 Å². The third-order valence-corrected chi connectivity index (χ3v) is 4.90. The van der Waals surface area contributed by atoms with E-state index in [1.165, 1.54) is 0 Å². The third kappa shape index (κ3) is 1.98. The molecule has 6 heteroatoms. The van der Waals surface area contributed by atoms with Crippen LogP contribution < -0.4 is 15.2 Å². The number of fused-ring (bicyclic) bond motifs is 1. The zero-order valence-electron chi connectivity index (χ0n) is 13.3. The third-order valence-electron chi connectivity index (χ3n) is 4.90. The number of rotatable bonds is 1. The number of hydrogen-bond acceptors (Lipinski definition) is 6. The quantitative estimate of drug-likeness (QED) is 0.852. The summed E-state index contributed by atoms with van der Waals surface area (Å²) in [6.07, 6.45) is 2.11.